The molecule has 1 N–H and O–H groups in total. The van der Waals surface area contributed by atoms with E-state index in [9.17, 15) is 14.0 Å². The molecule has 7 nitrogen and oxygen atoms in total. The lowest BCUT2D eigenvalue weighted by molar-refractivity contribution is -0.133. The van der Waals surface area contributed by atoms with Gasteiger partial charge in [0, 0.05) is 31.5 Å². The quantitative estimate of drug-likeness (QED) is 0.701. The number of nitrogens with one attached hydrogen (secondary N) is 1. The maximum absolute atomic E-state index is 13.1. The molecule has 1 fully saturated rings. The Morgan fingerprint density at radius 1 is 1.17 bits per heavy atom. The van der Waals surface area contributed by atoms with Crippen LogP contribution in [0.1, 0.15) is 30.3 Å². The predicted molar refractivity (Wildman–Crippen MR) is 107 cm³/mol. The number of aromatic nitrogens is 2. The summed E-state index contributed by atoms with van der Waals surface area (Å²) in [7, 11) is 0. The van der Waals surface area contributed by atoms with Gasteiger partial charge in [-0.15, -0.1) is 0 Å². The fourth-order valence-electron chi connectivity index (χ4n) is 3.53. The van der Waals surface area contributed by atoms with Gasteiger partial charge in [-0.1, -0.05) is 35.5 Å². The van der Waals surface area contributed by atoms with Crippen LogP contribution in [0.4, 0.5) is 4.39 Å². The first-order valence-electron chi connectivity index (χ1n) is 9.80. The van der Waals surface area contributed by atoms with E-state index in [2.05, 4.69) is 15.5 Å². The van der Waals surface area contributed by atoms with E-state index < -0.39 is 0 Å². The molecule has 0 aliphatic carbocycles. The lowest BCUT2D eigenvalue weighted by Gasteiger charge is -2.29. The van der Waals surface area contributed by atoms with Crippen molar-refractivity contribution in [3.05, 3.63) is 71.9 Å². The molecular weight excluding hydrogens is 387 g/mol. The molecule has 2 heterocycles. The van der Waals surface area contributed by atoms with Gasteiger partial charge in [-0.25, -0.2) is 4.39 Å². The highest BCUT2D eigenvalue weighted by molar-refractivity contribution is 5.81. The third-order valence-corrected chi connectivity index (χ3v) is 5.06. The third kappa shape index (κ3) is 4.53. The summed E-state index contributed by atoms with van der Waals surface area (Å²) >= 11 is 0. The van der Waals surface area contributed by atoms with Crippen LogP contribution in [-0.2, 0) is 16.0 Å². The Balaban J connectivity index is 1.44. The van der Waals surface area contributed by atoms with E-state index in [4.69, 9.17) is 4.52 Å². The smallest absolute Gasteiger partial charge is 0.227 e. The Bertz CT molecular complexity index is 1020. The van der Waals surface area contributed by atoms with Crippen molar-refractivity contribution in [2.75, 3.05) is 13.1 Å². The lowest BCUT2D eigenvalue weighted by Crippen LogP contribution is -2.36. The molecular formula is C22H21FN4O3. The van der Waals surface area contributed by atoms with Crippen molar-refractivity contribution in [1.29, 1.82) is 0 Å². The molecule has 30 heavy (non-hydrogen) atoms. The normalized spacial score (nSPS) is 16.8. The van der Waals surface area contributed by atoms with E-state index in [1.807, 2.05) is 30.3 Å². The first-order valence-corrected chi connectivity index (χ1v) is 9.80. The highest BCUT2D eigenvalue weighted by atomic mass is 19.1. The maximum atomic E-state index is 13.1. The fourth-order valence-corrected chi connectivity index (χ4v) is 3.53. The van der Waals surface area contributed by atoms with Gasteiger partial charge in [0.15, 0.2) is 0 Å². The fraction of sp³-hybridized carbons (Fsp3) is 0.273. The average molecular weight is 408 g/mol. The van der Waals surface area contributed by atoms with Crippen LogP contribution in [-0.4, -0.2) is 39.9 Å². The van der Waals surface area contributed by atoms with Crippen LogP contribution in [0, 0.1) is 5.82 Å². The molecule has 8 heteroatoms. The summed E-state index contributed by atoms with van der Waals surface area (Å²) in [4.78, 5) is 31.1. The monoisotopic (exact) mass is 408 g/mol. The minimum atomic E-state index is -0.341. The van der Waals surface area contributed by atoms with Crippen LogP contribution < -0.4 is 5.32 Å². The van der Waals surface area contributed by atoms with Crippen molar-refractivity contribution in [3.8, 4) is 11.4 Å². The predicted octanol–water partition coefficient (Wildman–Crippen LogP) is 2.90. The molecule has 2 aromatic carbocycles. The zero-order valence-electron chi connectivity index (χ0n) is 16.3. The van der Waals surface area contributed by atoms with Crippen LogP contribution in [0.15, 0.2) is 59.1 Å². The second-order valence-electron chi connectivity index (χ2n) is 7.09. The van der Waals surface area contributed by atoms with Gasteiger partial charge < -0.3 is 14.7 Å². The van der Waals surface area contributed by atoms with Crippen molar-refractivity contribution in [1.82, 2.24) is 20.4 Å². The highest BCUT2D eigenvalue weighted by Gasteiger charge is 2.29. The number of rotatable bonds is 5. The van der Waals surface area contributed by atoms with E-state index in [0.717, 1.165) is 5.56 Å². The minimum Gasteiger partial charge on any atom is -0.354 e. The Hall–Kier alpha value is -3.55. The van der Waals surface area contributed by atoms with Crippen molar-refractivity contribution in [3.63, 3.8) is 0 Å². The van der Waals surface area contributed by atoms with Crippen LogP contribution >= 0.6 is 0 Å². The van der Waals surface area contributed by atoms with Gasteiger partial charge in [0.25, 0.3) is 0 Å². The van der Waals surface area contributed by atoms with E-state index in [0.29, 0.717) is 30.4 Å². The summed E-state index contributed by atoms with van der Waals surface area (Å²) < 4.78 is 18.3. The number of benzene rings is 2. The van der Waals surface area contributed by atoms with Crippen molar-refractivity contribution in [2.24, 2.45) is 0 Å². The van der Waals surface area contributed by atoms with Gasteiger partial charge in [0.05, 0.1) is 12.5 Å². The molecule has 3 aromatic rings. The number of aryl methyl sites for hydroxylation is 1. The number of halogens is 1. The molecule has 1 aliphatic rings. The Morgan fingerprint density at radius 2 is 1.93 bits per heavy atom. The van der Waals surface area contributed by atoms with Crippen LogP contribution in [0.25, 0.3) is 11.4 Å². The van der Waals surface area contributed by atoms with Crippen molar-refractivity contribution in [2.45, 2.75) is 25.3 Å². The Morgan fingerprint density at radius 3 is 2.70 bits per heavy atom. The van der Waals surface area contributed by atoms with E-state index in [1.54, 1.807) is 17.0 Å². The molecule has 1 aromatic heterocycles. The second-order valence-corrected chi connectivity index (χ2v) is 7.09. The van der Waals surface area contributed by atoms with Gasteiger partial charge in [-0.3, -0.25) is 9.59 Å². The number of nitrogens with zero attached hydrogens (tertiary/aromatic N) is 3. The van der Waals surface area contributed by atoms with E-state index in [1.165, 1.54) is 12.1 Å². The highest BCUT2D eigenvalue weighted by Crippen LogP contribution is 2.26. The van der Waals surface area contributed by atoms with Crippen molar-refractivity contribution >= 4 is 11.8 Å². The van der Waals surface area contributed by atoms with E-state index >= 15 is 0 Å². The summed E-state index contributed by atoms with van der Waals surface area (Å²) in [6, 6.07) is 15.0. The summed E-state index contributed by atoms with van der Waals surface area (Å²) in [5.41, 5.74) is 1.57. The second kappa shape index (κ2) is 8.86. The van der Waals surface area contributed by atoms with Crippen LogP contribution in [0.3, 0.4) is 0 Å². The molecule has 1 aliphatic heterocycles. The first-order chi connectivity index (χ1) is 14.6. The largest absolute Gasteiger partial charge is 0.354 e. The van der Waals surface area contributed by atoms with Gasteiger partial charge >= 0.3 is 0 Å². The number of carbonyl (C=O) groups is 2. The molecule has 154 valence electrons. The molecule has 0 spiro atoms. The van der Waals surface area contributed by atoms with Gasteiger partial charge in [0.2, 0.25) is 23.5 Å². The first kappa shape index (κ1) is 19.8. The average Bonchev–Trinajstić information content (AvgIpc) is 3.15. The lowest BCUT2D eigenvalue weighted by atomic mass is 10.0. The molecule has 0 radical (unpaired) electrons. The number of carbonyl (C=O) groups excluding carboxylic acids is 2. The molecule has 0 unspecified atom stereocenters. The summed E-state index contributed by atoms with van der Waals surface area (Å²) in [5, 5.41) is 6.73. The van der Waals surface area contributed by atoms with E-state index in [-0.39, 0.29) is 42.9 Å². The molecule has 2 amide bonds. The van der Waals surface area contributed by atoms with Crippen LogP contribution in [0.5, 0.6) is 0 Å². The van der Waals surface area contributed by atoms with Crippen molar-refractivity contribution < 1.29 is 18.5 Å². The zero-order valence-corrected chi connectivity index (χ0v) is 16.3. The standard InChI is InChI=1S/C22H21FN4O3/c23-17-8-6-16(7-9-17)22-25-20(30-26-22)10-11-21(29)27-13-12-24-19(28)14-18(27)15-4-2-1-3-5-15/h1-9,18H,10-14H2,(H,24,28)/t18-/m1/s1. The molecule has 1 atom stereocenters. The van der Waals surface area contributed by atoms with Crippen LogP contribution in [0.2, 0.25) is 0 Å². The SMILES string of the molecule is O=C1C[C@H](c2ccccc2)N(C(=O)CCc2nc(-c3ccc(F)cc3)no2)CCN1. The topological polar surface area (TPSA) is 88.3 Å². The number of amides is 2. The minimum absolute atomic E-state index is 0.0695. The zero-order chi connectivity index (χ0) is 20.9. The molecule has 0 saturated carbocycles. The Labute approximate surface area is 172 Å². The summed E-state index contributed by atoms with van der Waals surface area (Å²) in [6.45, 7) is 0.859. The maximum Gasteiger partial charge on any atom is 0.227 e. The number of hydrogen-bond acceptors (Lipinski definition) is 5. The molecule has 4 rings (SSSR count). The molecule has 0 bridgehead atoms. The third-order valence-electron chi connectivity index (χ3n) is 5.06. The van der Waals surface area contributed by atoms with Gasteiger partial charge in [-0.05, 0) is 29.8 Å². The summed E-state index contributed by atoms with van der Waals surface area (Å²) in [5.74, 6) is 0.195. The van der Waals surface area contributed by atoms with Gasteiger partial charge in [0.1, 0.15) is 5.82 Å². The summed E-state index contributed by atoms with van der Waals surface area (Å²) in [6.07, 6.45) is 0.694. The van der Waals surface area contributed by atoms with Gasteiger partial charge in [-0.2, -0.15) is 4.98 Å². The Kier molecular flexibility index (Phi) is 5.83. The number of hydrogen-bond donors (Lipinski definition) is 1. The molecule has 1 saturated heterocycles.